The molecule has 0 unspecified atom stereocenters. The van der Waals surface area contributed by atoms with Gasteiger partial charge in [-0.2, -0.15) is 0 Å². The molecule has 11 aromatic carbocycles. The lowest BCUT2D eigenvalue weighted by molar-refractivity contribution is 0.568. The van der Waals surface area contributed by atoms with E-state index in [4.69, 9.17) is 9.97 Å². The zero-order valence-corrected chi connectivity index (χ0v) is 61.2. The van der Waals surface area contributed by atoms with Crippen LogP contribution in [0.1, 0.15) is 158 Å². The van der Waals surface area contributed by atoms with Crippen LogP contribution >= 0.6 is 0 Å². The Kier molecular flexibility index (Phi) is 14.4. The lowest BCUT2D eigenvalue weighted by atomic mass is 9.34. The Morgan fingerprint density at radius 3 is 0.929 bits per heavy atom. The quantitative estimate of drug-likeness (QED) is 0.149. The fourth-order valence-corrected chi connectivity index (χ4v) is 16.1. The molecule has 490 valence electrons. The van der Waals surface area contributed by atoms with Crippen LogP contribution in [0, 0.1) is 0 Å². The van der Waals surface area contributed by atoms with E-state index < -0.39 is 0 Å². The van der Waals surface area contributed by atoms with Gasteiger partial charge in [-0.15, -0.1) is 0 Å². The summed E-state index contributed by atoms with van der Waals surface area (Å²) >= 11 is 0. The number of fused-ring (bicyclic) bond motifs is 10. The van der Waals surface area contributed by atoms with Crippen LogP contribution in [0.2, 0.25) is 0 Å². The highest BCUT2D eigenvalue weighted by atomic mass is 15.0. The van der Waals surface area contributed by atoms with Gasteiger partial charge in [0.15, 0.2) is 5.82 Å². The molecule has 0 saturated carbocycles. The molecule has 4 nitrogen and oxygen atoms in total. The number of benzene rings is 11. The van der Waals surface area contributed by atoms with Gasteiger partial charge in [-0.1, -0.05) is 282 Å². The molecule has 0 radical (unpaired) electrons. The number of nitrogens with zero attached hydrogens (tertiary/aromatic N) is 4. The molecule has 0 fully saturated rings. The van der Waals surface area contributed by atoms with Crippen LogP contribution in [0.25, 0.3) is 133 Å². The molecule has 0 aliphatic carbocycles. The Morgan fingerprint density at radius 2 is 0.606 bits per heavy atom. The first-order valence-electron chi connectivity index (χ1n) is 35.8. The number of aromatic nitrogens is 4. The van der Waals surface area contributed by atoms with E-state index in [0.717, 1.165) is 39.5 Å². The van der Waals surface area contributed by atoms with E-state index in [1.807, 2.05) is 0 Å². The predicted molar refractivity (Wildman–Crippen MR) is 426 cm³/mol. The maximum Gasteiger partial charge on any atom is 0.252 e. The number of hydrogen-bond acceptors (Lipinski definition) is 2. The average Bonchev–Trinajstić information content (AvgIpc) is 1.52. The molecule has 0 atom stereocenters. The molecular weight excluding hydrogens is 1200 g/mol. The summed E-state index contributed by atoms with van der Waals surface area (Å²) in [6.45, 7) is 42.2. The van der Waals surface area contributed by atoms with Crippen molar-refractivity contribution in [2.75, 3.05) is 0 Å². The van der Waals surface area contributed by atoms with Gasteiger partial charge in [-0.3, -0.25) is 0 Å². The number of rotatable bonds is 7. The summed E-state index contributed by atoms with van der Waals surface area (Å²) in [5.74, 6) is 0.684. The predicted octanol–water partition coefficient (Wildman–Crippen LogP) is 23.3. The summed E-state index contributed by atoms with van der Waals surface area (Å²) in [6.07, 6.45) is 0. The van der Waals surface area contributed by atoms with E-state index in [2.05, 4.69) is 358 Å². The Hall–Kier alpha value is -9.84. The highest BCUT2D eigenvalue weighted by Gasteiger charge is 2.44. The minimum absolute atomic E-state index is 0.126. The van der Waals surface area contributed by atoms with Gasteiger partial charge >= 0.3 is 0 Å². The van der Waals surface area contributed by atoms with E-state index in [9.17, 15) is 0 Å². The Labute approximate surface area is 587 Å². The van der Waals surface area contributed by atoms with Crippen LogP contribution in [0.4, 0.5) is 0 Å². The van der Waals surface area contributed by atoms with Gasteiger partial charge in [0.05, 0.1) is 22.4 Å². The van der Waals surface area contributed by atoms with Crippen LogP contribution in [-0.4, -0.2) is 25.8 Å². The maximum absolute atomic E-state index is 6.01. The van der Waals surface area contributed by atoms with Crippen LogP contribution in [0.3, 0.4) is 0 Å². The van der Waals surface area contributed by atoms with Gasteiger partial charge in [0.25, 0.3) is 6.71 Å². The first-order valence-corrected chi connectivity index (χ1v) is 35.8. The second-order valence-electron chi connectivity index (χ2n) is 34.7. The monoisotopic (exact) mass is 1290 g/mol. The third-order valence-electron chi connectivity index (χ3n) is 21.5. The average molecular weight is 1290 g/mol. The Morgan fingerprint density at radius 1 is 0.273 bits per heavy atom. The van der Waals surface area contributed by atoms with Crippen LogP contribution in [-0.2, 0) is 32.5 Å². The summed E-state index contributed by atoms with van der Waals surface area (Å²) in [4.78, 5) is 12.0. The van der Waals surface area contributed by atoms with Crippen molar-refractivity contribution in [3.63, 3.8) is 0 Å². The molecule has 0 N–H and O–H groups in total. The molecule has 2 aliphatic heterocycles. The summed E-state index contributed by atoms with van der Waals surface area (Å²) in [6, 6.07) is 86.0. The standard InChI is InChI=1S/C94H91BN4/c1-89(2,3)65-43-62(44-66(53-65)90(4,5)6)75-55-76(63-45-67(91(7,8)9)54-68(46-63)92(10,11)12)97-88(96-75)64-51-79-85-80(52-64)99-78-50-61(57-33-25-20-26-34-57)48-70(59-37-29-22-30-38-59)82(78)84-72(94(16,17)18)40-42-74(87(84)99)95(85)73-41-39-71(93(13,14)15)83-81-69(58-35-27-21-28-36-58)47-60(56-31-23-19-24-32-56)49-77(81)98(79)86(73)83/h19-55H,1-18H3. The van der Waals surface area contributed by atoms with Gasteiger partial charge in [-0.05, 0) is 193 Å². The molecule has 2 aliphatic rings. The third-order valence-corrected chi connectivity index (χ3v) is 21.5. The van der Waals surface area contributed by atoms with E-state index in [0.29, 0.717) is 5.82 Å². The van der Waals surface area contributed by atoms with Crippen molar-refractivity contribution in [1.29, 1.82) is 0 Å². The Balaban J connectivity index is 1.13. The summed E-state index contributed by atoms with van der Waals surface area (Å²) in [7, 11) is 0. The molecule has 0 amide bonds. The zero-order valence-electron chi connectivity index (χ0n) is 61.2. The van der Waals surface area contributed by atoms with E-state index >= 15 is 0 Å². The van der Waals surface area contributed by atoms with E-state index in [-0.39, 0.29) is 39.2 Å². The van der Waals surface area contributed by atoms with Crippen LogP contribution in [0.15, 0.2) is 224 Å². The van der Waals surface area contributed by atoms with Crippen molar-refractivity contribution in [2.24, 2.45) is 0 Å². The van der Waals surface area contributed by atoms with Crippen molar-refractivity contribution >= 4 is 66.7 Å². The van der Waals surface area contributed by atoms with Crippen LogP contribution < -0.4 is 16.4 Å². The van der Waals surface area contributed by atoms with Crippen molar-refractivity contribution in [1.82, 2.24) is 19.1 Å². The second kappa shape index (κ2) is 22.3. The maximum atomic E-state index is 6.01. The Bertz CT molecular complexity index is 5220. The lowest BCUT2D eigenvalue weighted by Gasteiger charge is -2.35. The van der Waals surface area contributed by atoms with Crippen LogP contribution in [0.5, 0.6) is 0 Å². The molecule has 5 heteroatoms. The number of hydrogen-bond donors (Lipinski definition) is 0. The van der Waals surface area contributed by atoms with E-state index in [1.54, 1.807) is 0 Å². The highest BCUT2D eigenvalue weighted by molar-refractivity contribution is 7.00. The smallest absolute Gasteiger partial charge is 0.252 e. The third kappa shape index (κ3) is 10.6. The molecule has 0 bridgehead atoms. The van der Waals surface area contributed by atoms with Gasteiger partial charge < -0.3 is 9.13 Å². The molecule has 14 aromatic rings. The molecule has 3 aromatic heterocycles. The second-order valence-corrected chi connectivity index (χ2v) is 34.7. The summed E-state index contributed by atoms with van der Waals surface area (Å²) < 4.78 is 5.40. The van der Waals surface area contributed by atoms with E-state index in [1.165, 1.54) is 138 Å². The fraction of sp³-hybridized carbons (Fsp3) is 0.255. The minimum atomic E-state index is -0.221. The van der Waals surface area contributed by atoms with Crippen molar-refractivity contribution in [3.8, 4) is 89.8 Å². The largest absolute Gasteiger partial charge is 0.310 e. The normalized spacial score (nSPS) is 13.3. The first kappa shape index (κ1) is 63.9. The molecular formula is C94H91BN4. The first-order chi connectivity index (χ1) is 46.9. The zero-order chi connectivity index (χ0) is 69.4. The highest BCUT2D eigenvalue weighted by Crippen LogP contribution is 2.51. The van der Waals surface area contributed by atoms with Crippen molar-refractivity contribution < 1.29 is 0 Å². The fourth-order valence-electron chi connectivity index (χ4n) is 16.1. The van der Waals surface area contributed by atoms with Gasteiger partial charge in [0.1, 0.15) is 0 Å². The van der Waals surface area contributed by atoms with Crippen molar-refractivity contribution in [2.45, 2.75) is 157 Å². The SMILES string of the molecule is CC(C)(C)c1cc(-c2cc(-c3cc(C(C)(C)C)cc(C(C)(C)C)c3)nc(-c3cc4c5c(c3)-n3c6cc(-c7ccccc7)cc(-c7ccccc7)c6c6c(C(C)(C)C)ccc(c63)B5c3ccc(C(C)(C)C)c5c6c(-c7ccccc7)cc(-c7ccccc7)cc6n-4c35)n2)cc(C(C)(C)C)c1. The molecule has 16 rings (SSSR count). The van der Waals surface area contributed by atoms with Gasteiger partial charge in [-0.25, -0.2) is 9.97 Å². The summed E-state index contributed by atoms with van der Waals surface area (Å²) in [5.41, 5.74) is 32.3. The lowest BCUT2D eigenvalue weighted by Crippen LogP contribution is -2.59. The topological polar surface area (TPSA) is 35.6 Å². The van der Waals surface area contributed by atoms with Crippen molar-refractivity contribution in [3.05, 3.63) is 258 Å². The molecule has 0 spiro atoms. The minimum Gasteiger partial charge on any atom is -0.310 e. The molecule has 99 heavy (non-hydrogen) atoms. The molecule has 0 saturated heterocycles. The van der Waals surface area contributed by atoms with Gasteiger partial charge in [0, 0.05) is 60.6 Å². The molecule has 5 heterocycles. The van der Waals surface area contributed by atoms with Gasteiger partial charge in [0.2, 0.25) is 0 Å². The summed E-state index contributed by atoms with van der Waals surface area (Å²) in [5, 5.41) is 5.14.